The van der Waals surface area contributed by atoms with Crippen LogP contribution in [0, 0.1) is 6.92 Å². The van der Waals surface area contributed by atoms with Gasteiger partial charge in [0.1, 0.15) is 5.60 Å². The van der Waals surface area contributed by atoms with E-state index in [9.17, 15) is 4.79 Å². The molecule has 0 N–H and O–H groups in total. The number of carbonyl (C=O) groups excluding carboxylic acids is 1. The van der Waals surface area contributed by atoms with Gasteiger partial charge in [0.15, 0.2) is 0 Å². The second-order valence-electron chi connectivity index (χ2n) is 6.85. The quantitative estimate of drug-likeness (QED) is 0.825. The maximum absolute atomic E-state index is 11.9. The number of aryl methyl sites for hydroxylation is 1. The zero-order valence-corrected chi connectivity index (χ0v) is 15.3. The smallest absolute Gasteiger partial charge is 0.410 e. The van der Waals surface area contributed by atoms with E-state index < -0.39 is 5.60 Å². The Balaban J connectivity index is 0.00000116. The van der Waals surface area contributed by atoms with Crippen molar-refractivity contribution in [2.75, 3.05) is 13.1 Å². The molecule has 1 saturated heterocycles. The van der Waals surface area contributed by atoms with Crippen molar-refractivity contribution in [3.05, 3.63) is 17.5 Å². The Morgan fingerprint density at radius 2 is 1.86 bits per heavy atom. The van der Waals surface area contributed by atoms with Gasteiger partial charge in [-0.3, -0.25) is 4.68 Å². The van der Waals surface area contributed by atoms with E-state index in [4.69, 9.17) is 4.74 Å². The average Bonchev–Trinajstić information content (AvgIpc) is 2.70. The number of rotatable bonds is 2. The molecule has 5 heteroatoms. The van der Waals surface area contributed by atoms with Gasteiger partial charge in [0.25, 0.3) is 0 Å². The monoisotopic (exact) mass is 309 g/mol. The molecule has 1 fully saturated rings. The summed E-state index contributed by atoms with van der Waals surface area (Å²) in [7, 11) is 0. The lowest BCUT2D eigenvalue weighted by Crippen LogP contribution is -2.52. The van der Waals surface area contributed by atoms with Crippen LogP contribution in [-0.2, 0) is 4.74 Å². The number of hydrogen-bond acceptors (Lipinski definition) is 3. The minimum atomic E-state index is -0.436. The summed E-state index contributed by atoms with van der Waals surface area (Å²) in [6, 6.07) is 2.40. The van der Waals surface area contributed by atoms with E-state index in [2.05, 4.69) is 31.9 Å². The topological polar surface area (TPSA) is 47.4 Å². The van der Waals surface area contributed by atoms with E-state index in [1.165, 1.54) is 0 Å². The Hall–Kier alpha value is -1.52. The van der Waals surface area contributed by atoms with Gasteiger partial charge in [0.05, 0.1) is 11.7 Å². The molecule has 0 saturated carbocycles. The van der Waals surface area contributed by atoms with Crippen molar-refractivity contribution < 1.29 is 9.53 Å². The van der Waals surface area contributed by atoms with E-state index in [1.54, 1.807) is 4.90 Å². The third-order valence-corrected chi connectivity index (χ3v) is 3.39. The summed E-state index contributed by atoms with van der Waals surface area (Å²) in [5, 5.41) is 4.64. The number of aromatic nitrogens is 2. The predicted octanol–water partition coefficient (Wildman–Crippen LogP) is 4.13. The number of ether oxygens (including phenoxy) is 1. The van der Waals surface area contributed by atoms with Gasteiger partial charge < -0.3 is 9.64 Å². The molecule has 5 nitrogen and oxygen atoms in total. The van der Waals surface area contributed by atoms with Gasteiger partial charge in [-0.05, 0) is 39.7 Å². The van der Waals surface area contributed by atoms with Crippen LogP contribution in [0.2, 0.25) is 0 Å². The fourth-order valence-corrected chi connectivity index (χ4v) is 2.25. The molecule has 1 aromatic rings. The molecule has 0 radical (unpaired) electrons. The van der Waals surface area contributed by atoms with Crippen LogP contribution in [0.3, 0.4) is 0 Å². The van der Waals surface area contributed by atoms with Crippen LogP contribution in [0.4, 0.5) is 4.79 Å². The SMILES string of the molecule is CC.Cc1cc(C(C)C)nn1C1CN(C(=O)OC(C)(C)C)C1. The molecule has 2 rings (SSSR count). The first-order valence-electron chi connectivity index (χ1n) is 8.21. The normalized spacial score (nSPS) is 15.2. The van der Waals surface area contributed by atoms with E-state index in [-0.39, 0.29) is 12.1 Å². The second-order valence-corrected chi connectivity index (χ2v) is 6.85. The number of carbonyl (C=O) groups is 1. The van der Waals surface area contributed by atoms with E-state index in [1.807, 2.05) is 39.3 Å². The van der Waals surface area contributed by atoms with Gasteiger partial charge >= 0.3 is 6.09 Å². The molecule has 0 atom stereocenters. The average molecular weight is 309 g/mol. The maximum atomic E-state index is 11.9. The highest BCUT2D eigenvalue weighted by molar-refractivity contribution is 5.69. The minimum absolute atomic E-state index is 0.234. The Morgan fingerprint density at radius 3 is 2.27 bits per heavy atom. The molecular weight excluding hydrogens is 278 g/mol. The van der Waals surface area contributed by atoms with E-state index in [0.717, 1.165) is 11.4 Å². The lowest BCUT2D eigenvalue weighted by Gasteiger charge is -2.40. The van der Waals surface area contributed by atoms with Crippen LogP contribution in [0.5, 0.6) is 0 Å². The molecular formula is C17H31N3O2. The summed E-state index contributed by atoms with van der Waals surface area (Å²) < 4.78 is 7.39. The standard InChI is InChI=1S/C15H25N3O2.C2H6/c1-10(2)13-7-11(3)18(16-13)12-8-17(9-12)14(19)20-15(4,5)6;1-2/h7,10,12H,8-9H2,1-6H3;1-2H3. The van der Waals surface area contributed by atoms with Gasteiger partial charge in [0.2, 0.25) is 0 Å². The Kier molecular flexibility index (Phi) is 6.03. The van der Waals surface area contributed by atoms with E-state index in [0.29, 0.717) is 19.0 Å². The highest BCUT2D eigenvalue weighted by Crippen LogP contribution is 2.26. The number of nitrogens with zero attached hydrogens (tertiary/aromatic N) is 3. The zero-order valence-electron chi connectivity index (χ0n) is 15.3. The van der Waals surface area contributed by atoms with Crippen LogP contribution < -0.4 is 0 Å². The van der Waals surface area contributed by atoms with Crippen molar-refractivity contribution in [2.45, 2.75) is 73.0 Å². The largest absolute Gasteiger partial charge is 0.444 e. The van der Waals surface area contributed by atoms with Crippen molar-refractivity contribution in [1.82, 2.24) is 14.7 Å². The first kappa shape index (κ1) is 18.5. The number of amides is 1. The van der Waals surface area contributed by atoms with Gasteiger partial charge in [0, 0.05) is 18.8 Å². The predicted molar refractivity (Wildman–Crippen MR) is 89.2 cm³/mol. The third kappa shape index (κ3) is 4.49. The lowest BCUT2D eigenvalue weighted by molar-refractivity contribution is -0.000710. The Morgan fingerprint density at radius 1 is 1.32 bits per heavy atom. The zero-order chi connectivity index (χ0) is 17.1. The van der Waals surface area contributed by atoms with Crippen LogP contribution in [0.15, 0.2) is 6.07 Å². The molecule has 1 aliphatic heterocycles. The number of hydrogen-bond donors (Lipinski definition) is 0. The van der Waals surface area contributed by atoms with Crippen LogP contribution in [0.1, 0.15) is 71.8 Å². The lowest BCUT2D eigenvalue weighted by atomic mass is 10.1. The van der Waals surface area contributed by atoms with Crippen LogP contribution >= 0.6 is 0 Å². The van der Waals surface area contributed by atoms with Crippen LogP contribution in [0.25, 0.3) is 0 Å². The summed E-state index contributed by atoms with van der Waals surface area (Å²) in [5.74, 6) is 0.428. The first-order chi connectivity index (χ1) is 10.2. The van der Waals surface area contributed by atoms with Gasteiger partial charge in [-0.2, -0.15) is 5.10 Å². The molecule has 1 aliphatic rings. The molecule has 2 heterocycles. The first-order valence-corrected chi connectivity index (χ1v) is 8.21. The highest BCUT2D eigenvalue weighted by atomic mass is 16.6. The molecule has 0 aromatic carbocycles. The molecule has 0 aliphatic carbocycles. The summed E-state index contributed by atoms with van der Waals surface area (Å²) in [5.41, 5.74) is 1.83. The van der Waals surface area contributed by atoms with Crippen LogP contribution in [-0.4, -0.2) is 39.5 Å². The number of likely N-dealkylation sites (tertiary alicyclic amines) is 1. The summed E-state index contributed by atoms with van der Waals surface area (Å²) in [4.78, 5) is 13.6. The molecule has 22 heavy (non-hydrogen) atoms. The van der Waals surface area contributed by atoms with Gasteiger partial charge in [-0.1, -0.05) is 27.7 Å². The molecule has 0 bridgehead atoms. The Bertz CT molecular complexity index is 494. The second kappa shape index (κ2) is 7.16. The van der Waals surface area contributed by atoms with Crippen molar-refractivity contribution >= 4 is 6.09 Å². The Labute approximate surface area is 134 Å². The summed E-state index contributed by atoms with van der Waals surface area (Å²) >= 11 is 0. The van der Waals surface area contributed by atoms with Crippen molar-refractivity contribution in [2.24, 2.45) is 0 Å². The fraction of sp³-hybridized carbons (Fsp3) is 0.765. The van der Waals surface area contributed by atoms with Gasteiger partial charge in [-0.15, -0.1) is 0 Å². The van der Waals surface area contributed by atoms with Crippen molar-refractivity contribution in [3.63, 3.8) is 0 Å². The minimum Gasteiger partial charge on any atom is -0.444 e. The summed E-state index contributed by atoms with van der Waals surface area (Å²) in [6.45, 7) is 17.3. The molecule has 126 valence electrons. The molecule has 1 amide bonds. The van der Waals surface area contributed by atoms with E-state index >= 15 is 0 Å². The summed E-state index contributed by atoms with van der Waals surface area (Å²) in [6.07, 6.45) is -0.234. The fourth-order valence-electron chi connectivity index (χ4n) is 2.25. The molecule has 0 spiro atoms. The molecule has 1 aromatic heterocycles. The molecule has 0 unspecified atom stereocenters. The van der Waals surface area contributed by atoms with Crippen molar-refractivity contribution in [1.29, 1.82) is 0 Å². The maximum Gasteiger partial charge on any atom is 0.410 e. The van der Waals surface area contributed by atoms with Crippen molar-refractivity contribution in [3.8, 4) is 0 Å². The highest BCUT2D eigenvalue weighted by Gasteiger charge is 2.35. The van der Waals surface area contributed by atoms with Gasteiger partial charge in [-0.25, -0.2) is 4.79 Å². The third-order valence-electron chi connectivity index (χ3n) is 3.39.